The van der Waals surface area contributed by atoms with Crippen molar-refractivity contribution in [3.63, 3.8) is 0 Å². The molecule has 1 unspecified atom stereocenters. The average Bonchev–Trinajstić information content (AvgIpc) is 2.41. The molecule has 0 aliphatic heterocycles. The van der Waals surface area contributed by atoms with E-state index in [0.29, 0.717) is 46.1 Å². The molecule has 1 amide bonds. The number of rotatable bonds is 13. The molecule has 0 heterocycles. The Morgan fingerprint density at radius 3 is 2.24 bits per heavy atom. The van der Waals surface area contributed by atoms with Crippen molar-refractivity contribution in [2.45, 2.75) is 26.8 Å². The first-order valence-corrected chi connectivity index (χ1v) is 7.49. The first kappa shape index (κ1) is 20.3. The van der Waals surface area contributed by atoms with Crippen LogP contribution in [0.25, 0.3) is 0 Å². The van der Waals surface area contributed by atoms with Crippen LogP contribution in [0.15, 0.2) is 0 Å². The standard InChI is InChI=1S/C14H31N3O4/c1-5-16-14(18)13(12(2)3)17(4)6-7-19-8-9-20-10-11-21-15/h12-13H,5-11,15H2,1-4H3,(H,16,18). The molecule has 0 aromatic heterocycles. The number of nitrogens with two attached hydrogens (primary N) is 1. The summed E-state index contributed by atoms with van der Waals surface area (Å²) in [7, 11) is 1.94. The third-order valence-corrected chi connectivity index (χ3v) is 3.03. The van der Waals surface area contributed by atoms with Crippen LogP contribution in [-0.2, 0) is 19.1 Å². The van der Waals surface area contributed by atoms with Gasteiger partial charge in [0.2, 0.25) is 5.91 Å². The van der Waals surface area contributed by atoms with Gasteiger partial charge in [0.15, 0.2) is 0 Å². The van der Waals surface area contributed by atoms with Crippen LogP contribution in [0.1, 0.15) is 20.8 Å². The van der Waals surface area contributed by atoms with E-state index in [9.17, 15) is 4.79 Å². The maximum Gasteiger partial charge on any atom is 0.237 e. The summed E-state index contributed by atoms with van der Waals surface area (Å²) in [6, 6.07) is -0.133. The van der Waals surface area contributed by atoms with Crippen LogP contribution in [0.5, 0.6) is 0 Å². The molecule has 3 N–H and O–H groups in total. The van der Waals surface area contributed by atoms with Gasteiger partial charge < -0.3 is 19.6 Å². The van der Waals surface area contributed by atoms with E-state index in [1.165, 1.54) is 0 Å². The average molecular weight is 305 g/mol. The third-order valence-electron chi connectivity index (χ3n) is 3.03. The van der Waals surface area contributed by atoms with Crippen molar-refractivity contribution in [3.8, 4) is 0 Å². The quantitative estimate of drug-likeness (QED) is 0.368. The smallest absolute Gasteiger partial charge is 0.237 e. The first-order valence-electron chi connectivity index (χ1n) is 7.49. The van der Waals surface area contributed by atoms with Crippen LogP contribution in [0.2, 0.25) is 0 Å². The monoisotopic (exact) mass is 305 g/mol. The zero-order chi connectivity index (χ0) is 16.1. The Bertz CT molecular complexity index is 265. The Labute approximate surface area is 128 Å². The molecular weight excluding hydrogens is 274 g/mol. The van der Waals surface area contributed by atoms with Gasteiger partial charge in [-0.15, -0.1) is 0 Å². The minimum atomic E-state index is -0.133. The number of hydrogen-bond acceptors (Lipinski definition) is 6. The van der Waals surface area contributed by atoms with E-state index < -0.39 is 0 Å². The number of carbonyl (C=O) groups excluding carboxylic acids is 1. The molecular formula is C14H31N3O4. The largest absolute Gasteiger partial charge is 0.378 e. The molecule has 0 bridgehead atoms. The first-order chi connectivity index (χ1) is 10.0. The summed E-state index contributed by atoms with van der Waals surface area (Å²) in [5.41, 5.74) is 0. The number of nitrogens with one attached hydrogen (secondary N) is 1. The zero-order valence-electron chi connectivity index (χ0n) is 13.8. The Hall–Kier alpha value is -0.730. The zero-order valence-corrected chi connectivity index (χ0v) is 13.8. The van der Waals surface area contributed by atoms with Crippen molar-refractivity contribution in [1.82, 2.24) is 10.2 Å². The Morgan fingerprint density at radius 2 is 1.71 bits per heavy atom. The van der Waals surface area contributed by atoms with Gasteiger partial charge in [-0.25, -0.2) is 5.90 Å². The third kappa shape index (κ3) is 9.76. The number of nitrogens with zero attached hydrogens (tertiary/aromatic N) is 1. The molecule has 126 valence electrons. The molecule has 0 fully saturated rings. The fourth-order valence-electron chi connectivity index (χ4n) is 2.07. The van der Waals surface area contributed by atoms with Crippen molar-refractivity contribution < 1.29 is 19.1 Å². The van der Waals surface area contributed by atoms with Crippen LogP contribution in [0.4, 0.5) is 0 Å². The van der Waals surface area contributed by atoms with Crippen molar-refractivity contribution in [2.24, 2.45) is 11.8 Å². The lowest BCUT2D eigenvalue weighted by Gasteiger charge is -2.29. The molecule has 0 radical (unpaired) electrons. The molecule has 0 aromatic carbocycles. The van der Waals surface area contributed by atoms with Crippen LogP contribution < -0.4 is 11.2 Å². The van der Waals surface area contributed by atoms with Crippen LogP contribution in [0, 0.1) is 5.92 Å². The van der Waals surface area contributed by atoms with Crippen molar-refractivity contribution in [1.29, 1.82) is 0 Å². The van der Waals surface area contributed by atoms with Gasteiger partial charge >= 0.3 is 0 Å². The van der Waals surface area contributed by atoms with E-state index in [1.807, 2.05) is 32.7 Å². The van der Waals surface area contributed by atoms with Gasteiger partial charge in [-0.3, -0.25) is 9.69 Å². The lowest BCUT2D eigenvalue weighted by molar-refractivity contribution is -0.127. The Balaban J connectivity index is 3.83. The molecule has 7 heteroatoms. The number of amides is 1. The van der Waals surface area contributed by atoms with E-state index in [4.69, 9.17) is 15.4 Å². The highest BCUT2D eigenvalue weighted by Gasteiger charge is 2.25. The summed E-state index contributed by atoms with van der Waals surface area (Å²) in [6.45, 7) is 9.81. The topological polar surface area (TPSA) is 86.1 Å². The molecule has 21 heavy (non-hydrogen) atoms. The maximum atomic E-state index is 12.0. The van der Waals surface area contributed by atoms with E-state index >= 15 is 0 Å². The normalized spacial score (nSPS) is 12.9. The molecule has 7 nitrogen and oxygen atoms in total. The van der Waals surface area contributed by atoms with Gasteiger partial charge in [-0.2, -0.15) is 0 Å². The minimum absolute atomic E-state index is 0.0696. The summed E-state index contributed by atoms with van der Waals surface area (Å²) >= 11 is 0. The Morgan fingerprint density at radius 1 is 1.14 bits per heavy atom. The lowest BCUT2D eigenvalue weighted by Crippen LogP contribution is -2.49. The molecule has 0 saturated carbocycles. The minimum Gasteiger partial charge on any atom is -0.378 e. The maximum absolute atomic E-state index is 12.0. The van der Waals surface area contributed by atoms with Gasteiger partial charge in [0.25, 0.3) is 0 Å². The van der Waals surface area contributed by atoms with Crippen molar-refractivity contribution in [2.75, 3.05) is 53.2 Å². The summed E-state index contributed by atoms with van der Waals surface area (Å²) in [5, 5.41) is 2.87. The highest BCUT2D eigenvalue weighted by atomic mass is 16.6. The van der Waals surface area contributed by atoms with Crippen molar-refractivity contribution >= 4 is 5.91 Å². The van der Waals surface area contributed by atoms with Gasteiger partial charge in [-0.05, 0) is 19.9 Å². The lowest BCUT2D eigenvalue weighted by atomic mass is 10.0. The van der Waals surface area contributed by atoms with Crippen LogP contribution >= 0.6 is 0 Å². The SMILES string of the molecule is CCNC(=O)C(C(C)C)N(C)CCOCCOCCON. The predicted molar refractivity (Wildman–Crippen MR) is 81.7 cm³/mol. The van der Waals surface area contributed by atoms with Gasteiger partial charge in [0.05, 0.1) is 39.1 Å². The highest BCUT2D eigenvalue weighted by molar-refractivity contribution is 5.81. The van der Waals surface area contributed by atoms with Gasteiger partial charge in [0.1, 0.15) is 0 Å². The fourth-order valence-corrected chi connectivity index (χ4v) is 2.07. The molecule has 0 saturated heterocycles. The number of ether oxygens (including phenoxy) is 2. The molecule has 0 aliphatic carbocycles. The Kier molecular flexibility index (Phi) is 12.5. The number of hydrogen-bond donors (Lipinski definition) is 2. The van der Waals surface area contributed by atoms with Gasteiger partial charge in [0, 0.05) is 13.1 Å². The van der Waals surface area contributed by atoms with Crippen LogP contribution in [0.3, 0.4) is 0 Å². The molecule has 0 aromatic rings. The van der Waals surface area contributed by atoms with E-state index in [-0.39, 0.29) is 17.9 Å². The predicted octanol–water partition coefficient (Wildman–Crippen LogP) is 0.00240. The second kappa shape index (κ2) is 13.0. The van der Waals surface area contributed by atoms with Crippen LogP contribution in [-0.4, -0.2) is 70.0 Å². The number of carbonyl (C=O) groups is 1. The second-order valence-corrected chi connectivity index (χ2v) is 5.16. The summed E-state index contributed by atoms with van der Waals surface area (Å²) in [4.78, 5) is 18.4. The van der Waals surface area contributed by atoms with E-state index in [1.54, 1.807) is 0 Å². The summed E-state index contributed by atoms with van der Waals surface area (Å²) in [6.07, 6.45) is 0. The highest BCUT2D eigenvalue weighted by Crippen LogP contribution is 2.09. The summed E-state index contributed by atoms with van der Waals surface area (Å²) in [5.74, 6) is 5.19. The summed E-state index contributed by atoms with van der Waals surface area (Å²) < 4.78 is 10.7. The molecule has 1 atom stereocenters. The van der Waals surface area contributed by atoms with E-state index in [0.717, 1.165) is 0 Å². The van der Waals surface area contributed by atoms with Gasteiger partial charge in [-0.1, -0.05) is 13.8 Å². The molecule has 0 spiro atoms. The number of likely N-dealkylation sites (N-methyl/N-ethyl adjacent to an activating group) is 2. The molecule has 0 aliphatic rings. The van der Waals surface area contributed by atoms with E-state index in [2.05, 4.69) is 10.2 Å². The second-order valence-electron chi connectivity index (χ2n) is 5.16. The van der Waals surface area contributed by atoms with Crippen molar-refractivity contribution in [3.05, 3.63) is 0 Å². The molecule has 0 rings (SSSR count). The fraction of sp³-hybridized carbons (Fsp3) is 0.929.